The molecule has 6 nitrogen and oxygen atoms in total. The zero-order valence-corrected chi connectivity index (χ0v) is 12.9. The molecule has 0 aliphatic carbocycles. The Kier molecular flexibility index (Phi) is 4.56. The van der Waals surface area contributed by atoms with Gasteiger partial charge in [0.25, 0.3) is 10.0 Å². The molecule has 2 heterocycles. The van der Waals surface area contributed by atoms with E-state index in [2.05, 4.69) is 20.2 Å². The molecule has 0 amide bonds. The van der Waals surface area contributed by atoms with E-state index in [1.165, 1.54) is 11.3 Å². The van der Waals surface area contributed by atoms with Crippen molar-refractivity contribution in [2.45, 2.75) is 24.5 Å². The molecule has 2 aromatic rings. The lowest BCUT2D eigenvalue weighted by atomic mass is 10.4. The maximum absolute atomic E-state index is 12.1. The number of hydrogen-bond acceptors (Lipinski definition) is 6. The molecule has 0 aromatic carbocycles. The third kappa shape index (κ3) is 3.67. The van der Waals surface area contributed by atoms with Gasteiger partial charge >= 0.3 is 0 Å². The van der Waals surface area contributed by atoms with E-state index in [1.54, 1.807) is 24.3 Å². The molecule has 0 atom stereocenters. The predicted octanol–water partition coefficient (Wildman–Crippen LogP) is 2.47. The second-order valence-corrected chi connectivity index (χ2v) is 7.40. The Balaban J connectivity index is 2.09. The average molecular weight is 312 g/mol. The molecular weight excluding hydrogens is 296 g/mol. The van der Waals surface area contributed by atoms with Crippen molar-refractivity contribution in [1.29, 1.82) is 0 Å². The number of hydrogen-bond donors (Lipinski definition) is 2. The number of anilines is 2. The standard InChI is InChI=1S/C12H16N4O2S2/c1-3-8-13-10-5-6-11(15-14-10)16-20(17,18)12-7-4-9(2)19-12/h4-7H,3,8H2,1-2H3,(H,13,14)(H,15,16). The first-order valence-corrected chi connectivity index (χ1v) is 8.48. The van der Waals surface area contributed by atoms with Gasteiger partial charge in [-0.05, 0) is 37.6 Å². The van der Waals surface area contributed by atoms with Crippen LogP contribution >= 0.6 is 11.3 Å². The van der Waals surface area contributed by atoms with Crippen LogP contribution in [0.15, 0.2) is 28.5 Å². The number of aryl methyl sites for hydroxylation is 1. The highest BCUT2D eigenvalue weighted by atomic mass is 32.2. The van der Waals surface area contributed by atoms with Crippen molar-refractivity contribution >= 4 is 33.0 Å². The van der Waals surface area contributed by atoms with Crippen LogP contribution in [0.1, 0.15) is 18.2 Å². The molecule has 8 heteroatoms. The Morgan fingerprint density at radius 2 is 1.85 bits per heavy atom. The van der Waals surface area contributed by atoms with E-state index < -0.39 is 10.0 Å². The Labute approximate surface area is 122 Å². The van der Waals surface area contributed by atoms with Gasteiger partial charge in [0.05, 0.1) is 0 Å². The van der Waals surface area contributed by atoms with Gasteiger partial charge in [0.15, 0.2) is 5.82 Å². The molecule has 0 aliphatic rings. The van der Waals surface area contributed by atoms with Crippen LogP contribution in [0.5, 0.6) is 0 Å². The van der Waals surface area contributed by atoms with Crippen molar-refractivity contribution in [2.75, 3.05) is 16.6 Å². The van der Waals surface area contributed by atoms with Crippen LogP contribution < -0.4 is 10.0 Å². The van der Waals surface area contributed by atoms with Crippen LogP contribution in [0.3, 0.4) is 0 Å². The molecule has 0 unspecified atom stereocenters. The molecule has 0 aliphatic heterocycles. The first-order valence-electron chi connectivity index (χ1n) is 6.18. The van der Waals surface area contributed by atoms with Gasteiger partial charge in [-0.3, -0.25) is 4.72 Å². The van der Waals surface area contributed by atoms with E-state index >= 15 is 0 Å². The third-order valence-electron chi connectivity index (χ3n) is 2.44. The smallest absolute Gasteiger partial charge is 0.272 e. The Hall–Kier alpha value is -1.67. The largest absolute Gasteiger partial charge is 0.369 e. The number of rotatable bonds is 6. The summed E-state index contributed by atoms with van der Waals surface area (Å²) in [5.74, 6) is 0.833. The van der Waals surface area contributed by atoms with Gasteiger partial charge in [-0.25, -0.2) is 8.42 Å². The van der Waals surface area contributed by atoms with Gasteiger partial charge < -0.3 is 5.32 Å². The van der Waals surface area contributed by atoms with Crippen LogP contribution in [0, 0.1) is 6.92 Å². The minimum atomic E-state index is -3.58. The highest BCUT2D eigenvalue weighted by molar-refractivity contribution is 7.94. The highest BCUT2D eigenvalue weighted by Crippen LogP contribution is 2.22. The normalized spacial score (nSPS) is 11.3. The van der Waals surface area contributed by atoms with Gasteiger partial charge in [0.2, 0.25) is 0 Å². The quantitative estimate of drug-likeness (QED) is 0.856. The van der Waals surface area contributed by atoms with Crippen LogP contribution in [0.2, 0.25) is 0 Å². The van der Waals surface area contributed by atoms with E-state index in [1.807, 2.05) is 13.8 Å². The van der Waals surface area contributed by atoms with Gasteiger partial charge in [-0.15, -0.1) is 21.5 Å². The summed E-state index contributed by atoms with van der Waals surface area (Å²) in [5, 5.41) is 10.8. The summed E-state index contributed by atoms with van der Waals surface area (Å²) in [6.45, 7) is 4.71. The fourth-order valence-electron chi connectivity index (χ4n) is 1.48. The van der Waals surface area contributed by atoms with Gasteiger partial charge in [0.1, 0.15) is 10.0 Å². The van der Waals surface area contributed by atoms with Crippen molar-refractivity contribution in [3.63, 3.8) is 0 Å². The third-order valence-corrected chi connectivity index (χ3v) is 5.29. The molecule has 2 N–H and O–H groups in total. The number of aromatic nitrogens is 2. The van der Waals surface area contributed by atoms with Crippen molar-refractivity contribution in [1.82, 2.24) is 10.2 Å². The lowest BCUT2D eigenvalue weighted by Gasteiger charge is -2.06. The average Bonchev–Trinajstić information content (AvgIpc) is 2.85. The molecule has 108 valence electrons. The minimum absolute atomic E-state index is 0.207. The van der Waals surface area contributed by atoms with Gasteiger partial charge in [-0.1, -0.05) is 6.92 Å². The van der Waals surface area contributed by atoms with E-state index in [0.29, 0.717) is 5.82 Å². The summed E-state index contributed by atoms with van der Waals surface area (Å²) in [6.07, 6.45) is 0.980. The lowest BCUT2D eigenvalue weighted by Crippen LogP contribution is -2.13. The highest BCUT2D eigenvalue weighted by Gasteiger charge is 2.16. The zero-order valence-electron chi connectivity index (χ0n) is 11.3. The second kappa shape index (κ2) is 6.19. The number of nitrogens with zero attached hydrogens (tertiary/aromatic N) is 2. The van der Waals surface area contributed by atoms with Crippen molar-refractivity contribution in [3.8, 4) is 0 Å². The van der Waals surface area contributed by atoms with Crippen LogP contribution in [-0.4, -0.2) is 25.2 Å². The van der Waals surface area contributed by atoms with Crippen LogP contribution in [-0.2, 0) is 10.0 Å². The zero-order chi connectivity index (χ0) is 14.6. The van der Waals surface area contributed by atoms with Gasteiger partial charge in [0, 0.05) is 11.4 Å². The van der Waals surface area contributed by atoms with Gasteiger partial charge in [-0.2, -0.15) is 0 Å². The molecule has 2 aromatic heterocycles. The van der Waals surface area contributed by atoms with Crippen molar-refractivity contribution in [3.05, 3.63) is 29.1 Å². The van der Waals surface area contributed by atoms with Crippen molar-refractivity contribution in [2.24, 2.45) is 0 Å². The molecule has 2 rings (SSSR count). The van der Waals surface area contributed by atoms with Crippen LogP contribution in [0.25, 0.3) is 0 Å². The summed E-state index contributed by atoms with van der Waals surface area (Å²) >= 11 is 1.22. The van der Waals surface area contributed by atoms with E-state index in [-0.39, 0.29) is 10.0 Å². The maximum atomic E-state index is 12.1. The summed E-state index contributed by atoms with van der Waals surface area (Å²) in [7, 11) is -3.58. The monoisotopic (exact) mass is 312 g/mol. The summed E-state index contributed by atoms with van der Waals surface area (Å²) in [4.78, 5) is 0.940. The molecule has 0 radical (unpaired) electrons. The first kappa shape index (κ1) is 14.7. The second-order valence-electron chi connectivity index (χ2n) is 4.20. The van der Waals surface area contributed by atoms with E-state index in [0.717, 1.165) is 17.8 Å². The Morgan fingerprint density at radius 1 is 1.15 bits per heavy atom. The fraction of sp³-hybridized carbons (Fsp3) is 0.333. The molecule has 20 heavy (non-hydrogen) atoms. The maximum Gasteiger partial charge on any atom is 0.272 e. The molecule has 0 spiro atoms. The van der Waals surface area contributed by atoms with E-state index in [4.69, 9.17) is 0 Å². The SMILES string of the molecule is CCCNc1ccc(NS(=O)(=O)c2ccc(C)s2)nn1. The molecular formula is C12H16N4O2S2. The molecule has 0 bridgehead atoms. The number of sulfonamides is 1. The fourth-order valence-corrected chi connectivity index (χ4v) is 3.76. The minimum Gasteiger partial charge on any atom is -0.369 e. The summed E-state index contributed by atoms with van der Waals surface area (Å²) < 4.78 is 26.9. The van der Waals surface area contributed by atoms with E-state index in [9.17, 15) is 8.42 Å². The lowest BCUT2D eigenvalue weighted by molar-refractivity contribution is 0.603. The predicted molar refractivity (Wildman–Crippen MR) is 80.7 cm³/mol. The Morgan fingerprint density at radius 3 is 2.40 bits per heavy atom. The number of thiophene rings is 1. The van der Waals surface area contributed by atoms with Crippen molar-refractivity contribution < 1.29 is 8.42 Å². The number of nitrogens with one attached hydrogen (secondary N) is 2. The topological polar surface area (TPSA) is 84.0 Å². The molecule has 0 saturated heterocycles. The summed E-state index contributed by atoms with van der Waals surface area (Å²) in [5.41, 5.74) is 0. The Bertz CT molecular complexity index is 665. The summed E-state index contributed by atoms with van der Waals surface area (Å²) in [6, 6.07) is 6.62. The molecule has 0 saturated carbocycles. The first-order chi connectivity index (χ1) is 9.51. The molecule has 0 fully saturated rings. The van der Waals surface area contributed by atoms with Crippen LogP contribution in [0.4, 0.5) is 11.6 Å².